The average molecular weight is 286 g/mol. The van der Waals surface area contributed by atoms with Crippen molar-refractivity contribution in [1.82, 2.24) is 15.1 Å². The van der Waals surface area contributed by atoms with E-state index in [0.717, 1.165) is 25.8 Å². The van der Waals surface area contributed by atoms with Gasteiger partial charge in [-0.1, -0.05) is 18.5 Å². The second kappa shape index (κ2) is 5.92. The van der Waals surface area contributed by atoms with Crippen molar-refractivity contribution in [3.8, 4) is 0 Å². The molecule has 1 heterocycles. The van der Waals surface area contributed by atoms with Crippen LogP contribution in [0, 0.1) is 0 Å². The largest absolute Gasteiger partial charge is 0.468 e. The van der Waals surface area contributed by atoms with Gasteiger partial charge in [-0.15, -0.1) is 0 Å². The molecule has 19 heavy (non-hydrogen) atoms. The molecule has 1 N–H and O–H groups in total. The highest BCUT2D eigenvalue weighted by Crippen LogP contribution is 2.38. The third kappa shape index (κ3) is 2.92. The molecule has 1 aliphatic carbocycles. The predicted molar refractivity (Wildman–Crippen MR) is 73.2 cm³/mol. The Labute approximate surface area is 118 Å². The number of hydrogen-bond donors (Lipinski definition) is 1. The highest BCUT2D eigenvalue weighted by molar-refractivity contribution is 6.30. The van der Waals surface area contributed by atoms with Crippen molar-refractivity contribution in [2.24, 2.45) is 0 Å². The fourth-order valence-corrected chi connectivity index (χ4v) is 2.88. The van der Waals surface area contributed by atoms with Crippen molar-refractivity contribution >= 4 is 17.6 Å². The molecule has 0 aromatic carbocycles. The minimum absolute atomic E-state index is 0.179. The summed E-state index contributed by atoms with van der Waals surface area (Å²) in [7, 11) is 1.44. The van der Waals surface area contributed by atoms with E-state index in [0.29, 0.717) is 11.4 Å². The first-order valence-electron chi connectivity index (χ1n) is 6.64. The molecule has 0 aliphatic heterocycles. The minimum atomic E-state index is -0.576. The van der Waals surface area contributed by atoms with Crippen molar-refractivity contribution in [2.45, 2.75) is 44.2 Å². The second-order valence-corrected chi connectivity index (χ2v) is 5.47. The van der Waals surface area contributed by atoms with Crippen molar-refractivity contribution in [3.63, 3.8) is 0 Å². The Morgan fingerprint density at radius 2 is 2.53 bits per heavy atom. The van der Waals surface area contributed by atoms with Gasteiger partial charge in [-0.05, 0) is 32.2 Å². The maximum atomic E-state index is 12.1. The van der Waals surface area contributed by atoms with Gasteiger partial charge in [0.25, 0.3) is 0 Å². The molecule has 2 rings (SSSR count). The number of carbonyl (C=O) groups excluding carboxylic acids is 1. The first kappa shape index (κ1) is 14.3. The molecule has 1 aliphatic rings. The molecule has 0 amide bonds. The number of halogens is 1. The number of carbonyl (C=O) groups is 1. The Morgan fingerprint density at radius 3 is 3.11 bits per heavy atom. The summed E-state index contributed by atoms with van der Waals surface area (Å²) in [6.45, 7) is 2.89. The first-order chi connectivity index (χ1) is 9.11. The summed E-state index contributed by atoms with van der Waals surface area (Å²) in [5, 5.41) is 8.21. The van der Waals surface area contributed by atoms with Crippen LogP contribution in [-0.2, 0) is 9.53 Å². The number of ether oxygens (including phenoxy) is 1. The van der Waals surface area contributed by atoms with Gasteiger partial charge in [0, 0.05) is 6.20 Å². The first-order valence-corrected chi connectivity index (χ1v) is 7.02. The molecule has 0 saturated heterocycles. The third-order valence-corrected chi connectivity index (χ3v) is 3.92. The highest BCUT2D eigenvalue weighted by Gasteiger charge is 2.46. The van der Waals surface area contributed by atoms with Crippen LogP contribution in [0.1, 0.15) is 38.6 Å². The molecule has 2 unspecified atom stereocenters. The summed E-state index contributed by atoms with van der Waals surface area (Å²) in [6.07, 6.45) is 6.76. The van der Waals surface area contributed by atoms with Crippen LogP contribution in [0.15, 0.2) is 12.4 Å². The zero-order valence-electron chi connectivity index (χ0n) is 11.4. The number of nitrogens with one attached hydrogen (secondary N) is 1. The summed E-state index contributed by atoms with van der Waals surface area (Å²) in [5.74, 6) is -0.179. The molecular formula is C13H20ClN3O2. The Kier molecular flexibility index (Phi) is 4.47. The second-order valence-electron chi connectivity index (χ2n) is 5.04. The lowest BCUT2D eigenvalue weighted by Crippen LogP contribution is -2.51. The van der Waals surface area contributed by atoms with Crippen LogP contribution in [0.5, 0.6) is 0 Å². The molecule has 0 bridgehead atoms. The monoisotopic (exact) mass is 285 g/mol. The SMILES string of the molecule is CCCNC1(C(=O)OC)CCC(n2cc(Cl)cn2)C1. The molecule has 1 saturated carbocycles. The van der Waals surface area contributed by atoms with Gasteiger partial charge in [0.1, 0.15) is 5.54 Å². The normalized spacial score (nSPS) is 26.6. The van der Waals surface area contributed by atoms with Gasteiger partial charge in [0.15, 0.2) is 0 Å². The number of aromatic nitrogens is 2. The fourth-order valence-electron chi connectivity index (χ4n) is 2.74. The van der Waals surface area contributed by atoms with E-state index < -0.39 is 5.54 Å². The maximum absolute atomic E-state index is 12.1. The lowest BCUT2D eigenvalue weighted by atomic mass is 9.97. The molecule has 0 spiro atoms. The molecule has 106 valence electrons. The maximum Gasteiger partial charge on any atom is 0.326 e. The standard InChI is InChI=1S/C13H20ClN3O2/c1-3-6-15-13(12(18)19-2)5-4-11(7-13)17-9-10(14)8-16-17/h8-9,11,15H,3-7H2,1-2H3. The van der Waals surface area contributed by atoms with E-state index in [4.69, 9.17) is 16.3 Å². The number of esters is 1. The van der Waals surface area contributed by atoms with E-state index >= 15 is 0 Å². The third-order valence-electron chi connectivity index (χ3n) is 3.72. The van der Waals surface area contributed by atoms with Crippen LogP contribution in [0.4, 0.5) is 0 Å². The van der Waals surface area contributed by atoms with E-state index in [2.05, 4.69) is 17.3 Å². The summed E-state index contributed by atoms with van der Waals surface area (Å²) in [6, 6.07) is 0.191. The Morgan fingerprint density at radius 1 is 1.74 bits per heavy atom. The molecule has 1 aromatic heterocycles. The highest BCUT2D eigenvalue weighted by atomic mass is 35.5. The van der Waals surface area contributed by atoms with Crippen LogP contribution in [0.25, 0.3) is 0 Å². The van der Waals surface area contributed by atoms with Gasteiger partial charge in [0.05, 0.1) is 24.4 Å². The summed E-state index contributed by atoms with van der Waals surface area (Å²) in [5.41, 5.74) is -0.576. The molecule has 2 atom stereocenters. The Balaban J connectivity index is 2.12. The van der Waals surface area contributed by atoms with Crippen molar-refractivity contribution in [2.75, 3.05) is 13.7 Å². The van der Waals surface area contributed by atoms with Gasteiger partial charge in [0.2, 0.25) is 0 Å². The van der Waals surface area contributed by atoms with Gasteiger partial charge >= 0.3 is 5.97 Å². The van der Waals surface area contributed by atoms with Gasteiger partial charge in [-0.25, -0.2) is 0 Å². The van der Waals surface area contributed by atoms with Crippen LogP contribution in [0.3, 0.4) is 0 Å². The van der Waals surface area contributed by atoms with Crippen LogP contribution in [-0.4, -0.2) is 34.9 Å². The van der Waals surface area contributed by atoms with E-state index in [1.54, 1.807) is 12.4 Å². The van der Waals surface area contributed by atoms with Crippen molar-refractivity contribution in [1.29, 1.82) is 0 Å². The quantitative estimate of drug-likeness (QED) is 0.843. The van der Waals surface area contributed by atoms with Crippen LogP contribution in [0.2, 0.25) is 5.02 Å². The van der Waals surface area contributed by atoms with Crippen molar-refractivity contribution < 1.29 is 9.53 Å². The summed E-state index contributed by atoms with van der Waals surface area (Å²) >= 11 is 5.89. The van der Waals surface area contributed by atoms with Crippen LogP contribution >= 0.6 is 11.6 Å². The Hall–Kier alpha value is -1.07. The smallest absolute Gasteiger partial charge is 0.326 e. The molecule has 5 nitrogen and oxygen atoms in total. The van der Waals surface area contributed by atoms with Gasteiger partial charge < -0.3 is 10.1 Å². The number of rotatable bonds is 5. The zero-order valence-corrected chi connectivity index (χ0v) is 12.1. The zero-order chi connectivity index (χ0) is 13.9. The van der Waals surface area contributed by atoms with Crippen molar-refractivity contribution in [3.05, 3.63) is 17.4 Å². The van der Waals surface area contributed by atoms with E-state index in [9.17, 15) is 4.79 Å². The van der Waals surface area contributed by atoms with E-state index in [-0.39, 0.29) is 12.0 Å². The van der Waals surface area contributed by atoms with E-state index in [1.165, 1.54) is 7.11 Å². The molecular weight excluding hydrogens is 266 g/mol. The Bertz CT molecular complexity index is 449. The topological polar surface area (TPSA) is 56.1 Å². The fraction of sp³-hybridized carbons (Fsp3) is 0.692. The lowest BCUT2D eigenvalue weighted by molar-refractivity contribution is -0.148. The van der Waals surface area contributed by atoms with Gasteiger partial charge in [-0.3, -0.25) is 9.48 Å². The molecule has 6 heteroatoms. The van der Waals surface area contributed by atoms with Gasteiger partial charge in [-0.2, -0.15) is 5.10 Å². The summed E-state index contributed by atoms with van der Waals surface area (Å²) in [4.78, 5) is 12.1. The molecule has 1 aromatic rings. The number of hydrogen-bond acceptors (Lipinski definition) is 4. The predicted octanol–water partition coefficient (Wildman–Crippen LogP) is 2.17. The van der Waals surface area contributed by atoms with Crippen LogP contribution < -0.4 is 5.32 Å². The van der Waals surface area contributed by atoms with E-state index in [1.807, 2.05) is 4.68 Å². The number of nitrogens with zero attached hydrogens (tertiary/aromatic N) is 2. The molecule has 0 radical (unpaired) electrons. The lowest BCUT2D eigenvalue weighted by Gasteiger charge is -2.27. The summed E-state index contributed by atoms with van der Waals surface area (Å²) < 4.78 is 6.81. The number of methoxy groups -OCH3 is 1. The average Bonchev–Trinajstić information content (AvgIpc) is 3.02. The minimum Gasteiger partial charge on any atom is -0.468 e. The molecule has 1 fully saturated rings.